The lowest BCUT2D eigenvalue weighted by Gasteiger charge is -2.15. The van der Waals surface area contributed by atoms with Crippen LogP contribution in [0, 0.1) is 0 Å². The molecule has 1 atom stereocenters. The van der Waals surface area contributed by atoms with E-state index in [0.29, 0.717) is 17.9 Å². The number of nitrogens with one attached hydrogen (secondary N) is 1. The number of hydrogen-bond donors (Lipinski definition) is 2. The summed E-state index contributed by atoms with van der Waals surface area (Å²) in [5.74, 6) is -0.0840. The van der Waals surface area contributed by atoms with Gasteiger partial charge in [-0.1, -0.05) is 66.2 Å². The minimum atomic E-state index is -0.735. The molecular weight excluding hydrogens is 334 g/mol. The summed E-state index contributed by atoms with van der Waals surface area (Å²) in [5.41, 5.74) is 1.85. The van der Waals surface area contributed by atoms with E-state index >= 15 is 0 Å². The molecule has 0 bridgehead atoms. The van der Waals surface area contributed by atoms with Crippen LogP contribution in [0.15, 0.2) is 66.7 Å². The molecule has 0 spiro atoms. The van der Waals surface area contributed by atoms with E-state index in [-0.39, 0.29) is 12.5 Å². The van der Waals surface area contributed by atoms with Gasteiger partial charge in [-0.2, -0.15) is 0 Å². The van der Waals surface area contributed by atoms with Crippen LogP contribution in [0.4, 0.5) is 0 Å². The van der Waals surface area contributed by atoms with E-state index in [4.69, 9.17) is 11.6 Å². The Morgan fingerprint density at radius 1 is 1.04 bits per heavy atom. The number of carbonyl (C=O) groups excluding carboxylic acids is 1. The molecule has 0 saturated heterocycles. The summed E-state index contributed by atoms with van der Waals surface area (Å²) >= 11 is 5.94. The Bertz CT molecular complexity index is 873. The van der Waals surface area contributed by atoms with Crippen molar-refractivity contribution < 1.29 is 9.90 Å². The van der Waals surface area contributed by atoms with Crippen LogP contribution in [0.25, 0.3) is 10.8 Å². The van der Waals surface area contributed by atoms with Crippen molar-refractivity contribution >= 4 is 28.3 Å². The Hall–Kier alpha value is -2.36. The van der Waals surface area contributed by atoms with E-state index in [1.54, 1.807) is 0 Å². The zero-order valence-corrected chi connectivity index (χ0v) is 14.5. The molecule has 4 heteroatoms. The molecule has 128 valence electrons. The average Bonchev–Trinajstić information content (AvgIpc) is 2.64. The molecule has 0 unspecified atom stereocenters. The second kappa shape index (κ2) is 8.15. The van der Waals surface area contributed by atoms with Gasteiger partial charge in [-0.05, 0) is 40.5 Å². The van der Waals surface area contributed by atoms with Crippen molar-refractivity contribution in [2.45, 2.75) is 18.9 Å². The van der Waals surface area contributed by atoms with Gasteiger partial charge in [0.1, 0.15) is 0 Å². The fourth-order valence-corrected chi connectivity index (χ4v) is 3.11. The number of fused-ring (bicyclic) bond motifs is 1. The summed E-state index contributed by atoms with van der Waals surface area (Å²) in [6.07, 6.45) is 0.250. The quantitative estimate of drug-likeness (QED) is 0.695. The van der Waals surface area contributed by atoms with Crippen LogP contribution in [-0.2, 0) is 11.2 Å². The van der Waals surface area contributed by atoms with Crippen LogP contribution < -0.4 is 5.32 Å². The number of benzene rings is 3. The van der Waals surface area contributed by atoms with Crippen molar-refractivity contribution in [2.75, 3.05) is 6.54 Å². The van der Waals surface area contributed by atoms with Crippen LogP contribution in [-0.4, -0.2) is 17.6 Å². The third-order valence-corrected chi connectivity index (χ3v) is 4.44. The third-order valence-electron chi connectivity index (χ3n) is 4.20. The number of halogens is 1. The molecule has 0 heterocycles. The highest BCUT2D eigenvalue weighted by Crippen LogP contribution is 2.23. The van der Waals surface area contributed by atoms with Crippen molar-refractivity contribution in [1.29, 1.82) is 0 Å². The lowest BCUT2D eigenvalue weighted by molar-refractivity contribution is -0.121. The summed E-state index contributed by atoms with van der Waals surface area (Å²) in [4.78, 5) is 12.0. The Morgan fingerprint density at radius 2 is 1.80 bits per heavy atom. The number of rotatable bonds is 6. The van der Waals surface area contributed by atoms with Crippen molar-refractivity contribution in [3.63, 3.8) is 0 Å². The van der Waals surface area contributed by atoms with Gasteiger partial charge in [-0.15, -0.1) is 0 Å². The van der Waals surface area contributed by atoms with Gasteiger partial charge < -0.3 is 10.4 Å². The van der Waals surface area contributed by atoms with Crippen LogP contribution >= 0.6 is 11.6 Å². The molecule has 25 heavy (non-hydrogen) atoms. The first kappa shape index (κ1) is 17.5. The molecule has 1 amide bonds. The summed E-state index contributed by atoms with van der Waals surface area (Å²) in [6, 6.07) is 21.2. The molecule has 0 aliphatic rings. The third kappa shape index (κ3) is 4.59. The molecule has 0 saturated carbocycles. The highest BCUT2D eigenvalue weighted by molar-refractivity contribution is 6.30. The summed E-state index contributed by atoms with van der Waals surface area (Å²) in [7, 11) is 0. The van der Waals surface area contributed by atoms with E-state index in [0.717, 1.165) is 21.9 Å². The van der Waals surface area contributed by atoms with Gasteiger partial charge in [0, 0.05) is 18.0 Å². The highest BCUT2D eigenvalue weighted by atomic mass is 35.5. The SMILES string of the molecule is O=C(CCc1cccc(Cl)c1)NC[C@H](O)c1cccc2ccccc12. The average molecular weight is 354 g/mol. The van der Waals surface area contributed by atoms with Gasteiger partial charge in [0.15, 0.2) is 0 Å². The van der Waals surface area contributed by atoms with Gasteiger partial charge in [0.2, 0.25) is 5.91 Å². The van der Waals surface area contributed by atoms with Crippen LogP contribution in [0.5, 0.6) is 0 Å². The zero-order chi connectivity index (χ0) is 17.6. The summed E-state index contributed by atoms with van der Waals surface area (Å²) in [5, 5.41) is 16.0. The van der Waals surface area contributed by atoms with E-state index < -0.39 is 6.10 Å². The van der Waals surface area contributed by atoms with Gasteiger partial charge in [0.05, 0.1) is 6.10 Å². The van der Waals surface area contributed by atoms with E-state index in [1.807, 2.05) is 66.7 Å². The zero-order valence-electron chi connectivity index (χ0n) is 13.8. The Balaban J connectivity index is 1.56. The van der Waals surface area contributed by atoms with Gasteiger partial charge in [-0.3, -0.25) is 4.79 Å². The minimum absolute atomic E-state index is 0.0840. The number of hydrogen-bond acceptors (Lipinski definition) is 2. The molecule has 2 N–H and O–H groups in total. The highest BCUT2D eigenvalue weighted by Gasteiger charge is 2.12. The van der Waals surface area contributed by atoms with Crippen LogP contribution in [0.1, 0.15) is 23.7 Å². The van der Waals surface area contributed by atoms with Crippen molar-refractivity contribution in [1.82, 2.24) is 5.32 Å². The van der Waals surface area contributed by atoms with E-state index in [1.165, 1.54) is 0 Å². The van der Waals surface area contributed by atoms with E-state index in [2.05, 4.69) is 5.32 Å². The lowest BCUT2D eigenvalue weighted by atomic mass is 10.0. The topological polar surface area (TPSA) is 49.3 Å². The largest absolute Gasteiger partial charge is 0.387 e. The Labute approximate surface area is 152 Å². The van der Waals surface area contributed by atoms with Crippen molar-refractivity contribution in [3.8, 4) is 0 Å². The second-order valence-electron chi connectivity index (χ2n) is 6.02. The maximum absolute atomic E-state index is 12.0. The van der Waals surface area contributed by atoms with Gasteiger partial charge in [0.25, 0.3) is 0 Å². The minimum Gasteiger partial charge on any atom is -0.387 e. The Morgan fingerprint density at radius 3 is 2.64 bits per heavy atom. The summed E-state index contributed by atoms with van der Waals surface area (Å²) in [6.45, 7) is 0.197. The molecule has 3 aromatic rings. The first-order valence-corrected chi connectivity index (χ1v) is 8.68. The number of carbonyl (C=O) groups is 1. The number of aliphatic hydroxyl groups is 1. The number of aliphatic hydroxyl groups excluding tert-OH is 1. The molecule has 0 aliphatic heterocycles. The molecule has 0 radical (unpaired) electrons. The predicted octanol–water partition coefficient (Wildman–Crippen LogP) is 4.28. The first-order chi connectivity index (χ1) is 12.1. The normalized spacial score (nSPS) is 12.1. The molecule has 3 rings (SSSR count). The first-order valence-electron chi connectivity index (χ1n) is 8.30. The van der Waals surface area contributed by atoms with Crippen molar-refractivity contribution in [3.05, 3.63) is 82.9 Å². The monoisotopic (exact) mass is 353 g/mol. The van der Waals surface area contributed by atoms with Gasteiger partial charge >= 0.3 is 0 Å². The lowest BCUT2D eigenvalue weighted by Crippen LogP contribution is -2.28. The molecule has 0 aromatic heterocycles. The molecular formula is C21H20ClNO2. The Kier molecular flexibility index (Phi) is 5.69. The standard InChI is InChI=1S/C21H20ClNO2/c22-17-8-3-5-15(13-17)11-12-21(25)23-14-20(24)19-10-4-7-16-6-1-2-9-18(16)19/h1-10,13,20,24H,11-12,14H2,(H,23,25)/t20-/m0/s1. The molecule has 0 fully saturated rings. The second-order valence-corrected chi connectivity index (χ2v) is 6.45. The fourth-order valence-electron chi connectivity index (χ4n) is 2.90. The maximum atomic E-state index is 12.0. The maximum Gasteiger partial charge on any atom is 0.220 e. The molecule has 0 aliphatic carbocycles. The van der Waals surface area contributed by atoms with Gasteiger partial charge in [-0.25, -0.2) is 0 Å². The van der Waals surface area contributed by atoms with Crippen LogP contribution in [0.2, 0.25) is 5.02 Å². The molecule has 3 nitrogen and oxygen atoms in total. The summed E-state index contributed by atoms with van der Waals surface area (Å²) < 4.78 is 0. The smallest absolute Gasteiger partial charge is 0.220 e. The fraction of sp³-hybridized carbons (Fsp3) is 0.190. The number of aryl methyl sites for hydroxylation is 1. The van der Waals surface area contributed by atoms with Crippen LogP contribution in [0.3, 0.4) is 0 Å². The van der Waals surface area contributed by atoms with Crippen molar-refractivity contribution in [2.24, 2.45) is 0 Å². The van der Waals surface area contributed by atoms with E-state index in [9.17, 15) is 9.90 Å². The molecule has 3 aromatic carbocycles. The number of amides is 1. The predicted molar refractivity (Wildman–Crippen MR) is 102 cm³/mol.